The Hall–Kier alpha value is -3.06. The Morgan fingerprint density at radius 2 is 1.82 bits per heavy atom. The number of nitrogens with one attached hydrogen (secondary N) is 1. The van der Waals surface area contributed by atoms with Crippen LogP contribution in [0.15, 0.2) is 64.5 Å². The molecule has 7 heteroatoms. The molecule has 2 aromatic carbocycles. The fourth-order valence-corrected chi connectivity index (χ4v) is 3.62. The zero-order chi connectivity index (χ0) is 20.3. The van der Waals surface area contributed by atoms with E-state index < -0.39 is 10.8 Å². The van der Waals surface area contributed by atoms with Crippen molar-refractivity contribution < 1.29 is 4.79 Å². The lowest BCUT2D eigenvalue weighted by Crippen LogP contribution is -2.24. The molecule has 1 heterocycles. The van der Waals surface area contributed by atoms with E-state index in [2.05, 4.69) is 10.3 Å². The number of anilines is 2. The molecular weight excluding hydrogens is 372 g/mol. The first-order valence-corrected chi connectivity index (χ1v) is 9.72. The normalized spacial score (nSPS) is 11.8. The molecule has 0 spiro atoms. The fourth-order valence-electron chi connectivity index (χ4n) is 2.68. The maximum absolute atomic E-state index is 12.6. The van der Waals surface area contributed by atoms with Crippen LogP contribution in [0.1, 0.15) is 18.1 Å². The van der Waals surface area contributed by atoms with Crippen molar-refractivity contribution in [2.75, 3.05) is 11.1 Å². The van der Waals surface area contributed by atoms with Gasteiger partial charge in [-0.2, -0.15) is 4.98 Å². The van der Waals surface area contributed by atoms with Crippen molar-refractivity contribution in [2.45, 2.75) is 31.2 Å². The first-order valence-electron chi connectivity index (χ1n) is 8.84. The Morgan fingerprint density at radius 3 is 2.50 bits per heavy atom. The molecule has 1 unspecified atom stereocenters. The first kappa shape index (κ1) is 19.7. The summed E-state index contributed by atoms with van der Waals surface area (Å²) in [6, 6.07) is 16.6. The Balaban J connectivity index is 1.87. The van der Waals surface area contributed by atoms with E-state index in [1.165, 1.54) is 17.8 Å². The second-order valence-electron chi connectivity index (χ2n) is 6.59. The molecule has 28 heavy (non-hydrogen) atoms. The van der Waals surface area contributed by atoms with Gasteiger partial charge in [0.1, 0.15) is 5.82 Å². The molecule has 0 radical (unpaired) electrons. The molecule has 1 aromatic heterocycles. The highest BCUT2D eigenvalue weighted by Gasteiger charge is 2.19. The number of thioether (sulfide) groups is 1. The summed E-state index contributed by atoms with van der Waals surface area (Å²) >= 11 is 1.19. The summed E-state index contributed by atoms with van der Waals surface area (Å²) in [5, 5.41) is 2.78. The molecule has 0 fully saturated rings. The number of nitrogen functional groups attached to an aromatic ring is 1. The highest BCUT2D eigenvalue weighted by Crippen LogP contribution is 2.27. The fraction of sp³-hybridized carbons (Fsp3) is 0.190. The van der Waals surface area contributed by atoms with Crippen LogP contribution in [0.2, 0.25) is 0 Å². The number of hydrogen-bond donors (Lipinski definition) is 2. The van der Waals surface area contributed by atoms with Crippen LogP contribution in [0.5, 0.6) is 0 Å². The third kappa shape index (κ3) is 4.61. The molecule has 0 aliphatic carbocycles. The minimum Gasteiger partial charge on any atom is -0.385 e. The van der Waals surface area contributed by atoms with Gasteiger partial charge in [0, 0.05) is 17.4 Å². The summed E-state index contributed by atoms with van der Waals surface area (Å²) < 4.78 is 1.69. The molecule has 1 amide bonds. The van der Waals surface area contributed by atoms with Gasteiger partial charge in [0.2, 0.25) is 5.91 Å². The van der Waals surface area contributed by atoms with E-state index in [1.807, 2.05) is 62.4 Å². The lowest BCUT2D eigenvalue weighted by atomic mass is 10.2. The Bertz CT molecular complexity index is 1060. The molecule has 6 nitrogen and oxygen atoms in total. The highest BCUT2D eigenvalue weighted by molar-refractivity contribution is 8.00. The number of nitrogens with zero attached hydrogens (tertiary/aromatic N) is 2. The van der Waals surface area contributed by atoms with Gasteiger partial charge in [-0.15, -0.1) is 0 Å². The topological polar surface area (TPSA) is 90.0 Å². The third-order valence-corrected chi connectivity index (χ3v) is 5.21. The van der Waals surface area contributed by atoms with E-state index in [-0.39, 0.29) is 11.7 Å². The molecule has 3 aromatic rings. The number of aryl methyl sites for hydroxylation is 2. The zero-order valence-corrected chi connectivity index (χ0v) is 16.8. The molecule has 0 bridgehead atoms. The molecule has 0 aliphatic rings. The number of nitrogens with two attached hydrogens (primary N) is 1. The zero-order valence-electron chi connectivity index (χ0n) is 16.0. The van der Waals surface area contributed by atoms with Crippen LogP contribution in [-0.2, 0) is 4.79 Å². The SMILES string of the molecule is Cc1ccc(NC(=O)C(C)Sc2nc(=O)cc(N)n2-c2cccc(C)c2)cc1. The predicted octanol–water partition coefficient (Wildman–Crippen LogP) is 3.55. The molecule has 0 saturated carbocycles. The van der Waals surface area contributed by atoms with E-state index in [0.29, 0.717) is 5.16 Å². The lowest BCUT2D eigenvalue weighted by molar-refractivity contribution is -0.115. The summed E-state index contributed by atoms with van der Waals surface area (Å²) in [7, 11) is 0. The second-order valence-corrected chi connectivity index (χ2v) is 7.90. The molecule has 0 saturated heterocycles. The van der Waals surface area contributed by atoms with Crippen molar-refractivity contribution >= 4 is 29.2 Å². The molecule has 3 rings (SSSR count). The van der Waals surface area contributed by atoms with Crippen molar-refractivity contribution in [3.63, 3.8) is 0 Å². The summed E-state index contributed by atoms with van der Waals surface area (Å²) in [5.41, 5.74) is 9.35. The largest absolute Gasteiger partial charge is 0.385 e. The van der Waals surface area contributed by atoms with Gasteiger partial charge in [0.15, 0.2) is 5.16 Å². The second kappa shape index (κ2) is 8.31. The van der Waals surface area contributed by atoms with Gasteiger partial charge < -0.3 is 11.1 Å². The summed E-state index contributed by atoms with van der Waals surface area (Å²) in [4.78, 5) is 28.6. The Morgan fingerprint density at radius 1 is 1.11 bits per heavy atom. The van der Waals surface area contributed by atoms with E-state index in [9.17, 15) is 9.59 Å². The van der Waals surface area contributed by atoms with Gasteiger partial charge in [-0.1, -0.05) is 41.6 Å². The van der Waals surface area contributed by atoms with Crippen LogP contribution < -0.4 is 16.6 Å². The maximum atomic E-state index is 12.6. The van der Waals surface area contributed by atoms with Gasteiger partial charge in [0.25, 0.3) is 5.56 Å². The van der Waals surface area contributed by atoms with Crippen molar-refractivity contribution in [3.8, 4) is 5.69 Å². The molecule has 0 aliphatic heterocycles. The van der Waals surface area contributed by atoms with E-state index in [0.717, 1.165) is 22.5 Å². The van der Waals surface area contributed by atoms with Crippen molar-refractivity contribution in [3.05, 3.63) is 76.1 Å². The van der Waals surface area contributed by atoms with Crippen molar-refractivity contribution in [1.29, 1.82) is 0 Å². The lowest BCUT2D eigenvalue weighted by Gasteiger charge is -2.18. The van der Waals surface area contributed by atoms with Crippen molar-refractivity contribution in [1.82, 2.24) is 9.55 Å². The van der Waals surface area contributed by atoms with E-state index in [4.69, 9.17) is 5.73 Å². The van der Waals surface area contributed by atoms with Crippen LogP contribution in [-0.4, -0.2) is 20.7 Å². The number of rotatable bonds is 5. The van der Waals surface area contributed by atoms with Crippen LogP contribution >= 0.6 is 11.8 Å². The minimum absolute atomic E-state index is 0.179. The number of carbonyl (C=O) groups excluding carboxylic acids is 1. The molecule has 3 N–H and O–H groups in total. The number of amides is 1. The van der Waals surface area contributed by atoms with E-state index in [1.54, 1.807) is 11.5 Å². The summed E-state index contributed by atoms with van der Waals surface area (Å²) in [6.45, 7) is 5.73. The van der Waals surface area contributed by atoms with Gasteiger partial charge >= 0.3 is 0 Å². The average molecular weight is 395 g/mol. The minimum atomic E-state index is -0.480. The highest BCUT2D eigenvalue weighted by atomic mass is 32.2. The number of benzene rings is 2. The first-order chi connectivity index (χ1) is 13.3. The van der Waals surface area contributed by atoms with Crippen molar-refractivity contribution in [2.24, 2.45) is 0 Å². The van der Waals surface area contributed by atoms with Gasteiger partial charge in [-0.05, 0) is 50.6 Å². The van der Waals surface area contributed by atoms with Gasteiger partial charge in [-0.3, -0.25) is 14.2 Å². The number of carbonyl (C=O) groups is 1. The maximum Gasteiger partial charge on any atom is 0.275 e. The predicted molar refractivity (Wildman–Crippen MR) is 114 cm³/mol. The summed E-state index contributed by atoms with van der Waals surface area (Å²) in [5.74, 6) is 0.0977. The molecular formula is C21H22N4O2S. The Kier molecular flexibility index (Phi) is 5.84. The van der Waals surface area contributed by atoms with Crippen LogP contribution in [0.3, 0.4) is 0 Å². The molecule has 144 valence electrons. The number of hydrogen-bond acceptors (Lipinski definition) is 5. The van der Waals surface area contributed by atoms with E-state index >= 15 is 0 Å². The average Bonchev–Trinajstić information content (AvgIpc) is 2.63. The monoisotopic (exact) mass is 394 g/mol. The number of aromatic nitrogens is 2. The standard InChI is InChI=1S/C21H22N4O2S/c1-13-7-9-16(10-8-13)23-20(27)15(3)28-21-24-19(26)12-18(22)25(21)17-6-4-5-14(2)11-17/h4-12,15H,22H2,1-3H3,(H,23,27). The van der Waals surface area contributed by atoms with Gasteiger partial charge in [-0.25, -0.2) is 0 Å². The summed E-state index contributed by atoms with van der Waals surface area (Å²) in [6.07, 6.45) is 0. The van der Waals surface area contributed by atoms with Crippen LogP contribution in [0.4, 0.5) is 11.5 Å². The van der Waals surface area contributed by atoms with Gasteiger partial charge in [0.05, 0.1) is 5.25 Å². The molecule has 1 atom stereocenters. The van der Waals surface area contributed by atoms with Crippen LogP contribution in [0.25, 0.3) is 5.69 Å². The smallest absolute Gasteiger partial charge is 0.275 e. The Labute approximate surface area is 167 Å². The van der Waals surface area contributed by atoms with Crippen LogP contribution in [0, 0.1) is 13.8 Å². The quantitative estimate of drug-likeness (QED) is 0.510. The third-order valence-electron chi connectivity index (χ3n) is 4.16.